The Hall–Kier alpha value is -6.02. The van der Waals surface area contributed by atoms with Crippen LogP contribution in [0.1, 0.15) is 43.5 Å². The van der Waals surface area contributed by atoms with Gasteiger partial charge in [-0.05, 0) is 25.7 Å². The highest BCUT2D eigenvalue weighted by Gasteiger charge is 2.27. The molecule has 0 unspecified atom stereocenters. The fraction of sp³-hybridized carbons (Fsp3) is 0.500. The molecule has 2 rings (SSSR count). The van der Waals surface area contributed by atoms with E-state index < -0.39 is 72.4 Å². The van der Waals surface area contributed by atoms with Gasteiger partial charge in [-0.25, -0.2) is 38.7 Å². The number of esters is 4. The molecular formula is C28H45N15O10. The number of hydrogen-bond donors (Lipinski definition) is 11. The predicted molar refractivity (Wildman–Crippen MR) is 180 cm³/mol. The van der Waals surface area contributed by atoms with Gasteiger partial charge in [0.15, 0.2) is 11.9 Å². The largest absolute Gasteiger partial charge is 0.391 e. The molecule has 5 atom stereocenters. The third-order valence-electron chi connectivity index (χ3n) is 6.81. The van der Waals surface area contributed by atoms with E-state index in [9.17, 15) is 28.8 Å². The van der Waals surface area contributed by atoms with Gasteiger partial charge in [-0.3, -0.25) is 10.8 Å². The van der Waals surface area contributed by atoms with Crippen molar-refractivity contribution in [1.29, 1.82) is 10.8 Å². The third-order valence-corrected chi connectivity index (χ3v) is 6.81. The Morgan fingerprint density at radius 1 is 0.623 bits per heavy atom. The van der Waals surface area contributed by atoms with Crippen LogP contribution in [0.5, 0.6) is 0 Å². The SMILES string of the molecule is N=C(N)NCCC[C@H](N)C(=O)OC(=O)[C@@H](N)Cc1cn(OC(=O)C[C@H](N)C(=O)On2cnc(C[C@H](N)C(=O)OC(=O)[C@@H](N)CCCNC(=N)N)c2)cn1. The highest BCUT2D eigenvalue weighted by molar-refractivity contribution is 5.91. The maximum atomic E-state index is 12.5. The summed E-state index contributed by atoms with van der Waals surface area (Å²) in [5.41, 5.74) is 39.5. The van der Waals surface area contributed by atoms with Gasteiger partial charge in [-0.1, -0.05) is 0 Å². The summed E-state index contributed by atoms with van der Waals surface area (Å²) in [5.74, 6) is -6.57. The number of hydrogen-bond acceptors (Lipinski definition) is 19. The number of guanidine groups is 2. The van der Waals surface area contributed by atoms with E-state index in [0.717, 1.165) is 22.1 Å². The van der Waals surface area contributed by atoms with E-state index in [2.05, 4.69) is 20.6 Å². The van der Waals surface area contributed by atoms with Gasteiger partial charge < -0.3 is 69.9 Å². The molecule has 0 bridgehead atoms. The standard InChI is InChI=1S/C28H45N15O10/c29-16(3-1-5-38-27(34)35)22(45)50-24(47)18(31)7-14-10-42(12-40-14)52-21(44)9-20(33)26(49)53-43-11-15(41-13-43)8-19(32)25(48)51-23(46)17(30)4-2-6-39-28(36)37/h10-13,16-20H,1-9,29-33H2,(H4,34,35,38)(H4,36,37,39)/t16-,17-,18-,19-,20-/m0/s1. The molecule has 0 aliphatic rings. The molecule has 0 aromatic carbocycles. The summed E-state index contributed by atoms with van der Waals surface area (Å²) in [6.07, 6.45) is 4.62. The molecule has 2 aromatic heterocycles. The fourth-order valence-electron chi connectivity index (χ4n) is 4.03. The Morgan fingerprint density at radius 2 is 1.02 bits per heavy atom. The van der Waals surface area contributed by atoms with Gasteiger partial charge in [0.05, 0.1) is 30.2 Å². The zero-order chi connectivity index (χ0) is 39.7. The normalized spacial score (nSPS) is 13.7. The van der Waals surface area contributed by atoms with Crippen LogP contribution >= 0.6 is 0 Å². The van der Waals surface area contributed by atoms with Gasteiger partial charge in [0.25, 0.3) is 0 Å². The van der Waals surface area contributed by atoms with E-state index in [1.165, 1.54) is 12.4 Å². The summed E-state index contributed by atoms with van der Waals surface area (Å²) in [5, 5.41) is 19.2. The van der Waals surface area contributed by atoms with E-state index >= 15 is 0 Å². The molecule has 0 fully saturated rings. The zero-order valence-electron chi connectivity index (χ0n) is 28.5. The fourth-order valence-corrected chi connectivity index (χ4v) is 4.03. The Balaban J connectivity index is 1.75. The number of rotatable bonds is 21. The Labute approximate surface area is 301 Å². The molecule has 292 valence electrons. The first-order chi connectivity index (χ1) is 24.9. The Morgan fingerprint density at radius 3 is 1.43 bits per heavy atom. The molecule has 0 aliphatic heterocycles. The van der Waals surface area contributed by atoms with Crippen LogP contribution in [0.2, 0.25) is 0 Å². The molecule has 0 aliphatic carbocycles. The number of carbonyl (C=O) groups excluding carboxylic acids is 6. The number of imidazole rings is 2. The molecule has 0 amide bonds. The summed E-state index contributed by atoms with van der Waals surface area (Å²) < 4.78 is 11.2. The van der Waals surface area contributed by atoms with Crippen molar-refractivity contribution < 1.29 is 47.9 Å². The summed E-state index contributed by atoms with van der Waals surface area (Å²) in [6.45, 7) is 0.597. The van der Waals surface area contributed by atoms with E-state index in [4.69, 9.17) is 70.1 Å². The van der Waals surface area contributed by atoms with E-state index in [-0.39, 0.29) is 49.0 Å². The summed E-state index contributed by atoms with van der Waals surface area (Å²) in [4.78, 5) is 91.5. The monoisotopic (exact) mass is 751 g/mol. The van der Waals surface area contributed by atoms with Gasteiger partial charge >= 0.3 is 35.8 Å². The molecule has 25 nitrogen and oxygen atoms in total. The van der Waals surface area contributed by atoms with E-state index in [1.54, 1.807) is 0 Å². The summed E-state index contributed by atoms with van der Waals surface area (Å²) in [7, 11) is 0. The van der Waals surface area contributed by atoms with Gasteiger partial charge in [0, 0.05) is 25.9 Å². The molecule has 53 heavy (non-hydrogen) atoms. The average Bonchev–Trinajstić information content (AvgIpc) is 3.72. The second-order valence-corrected chi connectivity index (χ2v) is 11.4. The second kappa shape index (κ2) is 21.4. The molecule has 0 saturated carbocycles. The number of nitrogens with zero attached hydrogens (tertiary/aromatic N) is 4. The van der Waals surface area contributed by atoms with Crippen LogP contribution in [0.3, 0.4) is 0 Å². The highest BCUT2D eigenvalue weighted by atomic mass is 16.7. The molecule has 2 heterocycles. The molecule has 2 aromatic rings. The Bertz CT molecular complexity index is 1610. The first-order valence-corrected chi connectivity index (χ1v) is 15.9. The lowest BCUT2D eigenvalue weighted by atomic mass is 10.1. The number of nitrogens with one attached hydrogen (secondary N) is 4. The molecule has 25 heteroatoms. The minimum absolute atomic E-state index is 0.157. The highest BCUT2D eigenvalue weighted by Crippen LogP contribution is 2.06. The first-order valence-electron chi connectivity index (χ1n) is 15.9. The molecular weight excluding hydrogens is 706 g/mol. The maximum absolute atomic E-state index is 12.5. The van der Waals surface area contributed by atoms with Crippen LogP contribution in [0.25, 0.3) is 0 Å². The lowest BCUT2D eigenvalue weighted by Gasteiger charge is -2.13. The first kappa shape index (κ1) is 43.1. The van der Waals surface area contributed by atoms with Crippen LogP contribution < -0.4 is 60.4 Å². The van der Waals surface area contributed by atoms with Crippen LogP contribution in [-0.2, 0) is 51.1 Å². The van der Waals surface area contributed by atoms with Crippen molar-refractivity contribution in [3.8, 4) is 0 Å². The summed E-state index contributed by atoms with van der Waals surface area (Å²) >= 11 is 0. The molecule has 0 spiro atoms. The van der Waals surface area contributed by atoms with Crippen LogP contribution in [0.15, 0.2) is 25.0 Å². The van der Waals surface area contributed by atoms with Crippen molar-refractivity contribution in [3.05, 3.63) is 36.4 Å². The van der Waals surface area contributed by atoms with Gasteiger partial charge in [-0.15, -0.1) is 0 Å². The van der Waals surface area contributed by atoms with Crippen molar-refractivity contribution in [2.24, 2.45) is 40.1 Å². The van der Waals surface area contributed by atoms with E-state index in [1.807, 2.05) is 0 Å². The predicted octanol–water partition coefficient (Wildman–Crippen LogP) is -6.53. The van der Waals surface area contributed by atoms with Crippen molar-refractivity contribution >= 4 is 47.7 Å². The number of carbonyl (C=O) groups is 6. The molecule has 0 saturated heterocycles. The Kier molecular flexibility index (Phi) is 17.4. The van der Waals surface area contributed by atoms with Gasteiger partial charge in [0.2, 0.25) is 0 Å². The van der Waals surface area contributed by atoms with Crippen molar-refractivity contribution in [2.45, 2.75) is 75.2 Å². The number of aromatic nitrogens is 4. The van der Waals surface area contributed by atoms with Crippen LogP contribution in [0.4, 0.5) is 0 Å². The maximum Gasteiger partial charge on any atom is 0.350 e. The van der Waals surface area contributed by atoms with Gasteiger partial charge in [-0.2, -0.15) is 9.46 Å². The van der Waals surface area contributed by atoms with E-state index in [0.29, 0.717) is 25.9 Å². The van der Waals surface area contributed by atoms with Crippen molar-refractivity contribution in [3.63, 3.8) is 0 Å². The average molecular weight is 752 g/mol. The van der Waals surface area contributed by atoms with Crippen LogP contribution in [0, 0.1) is 10.8 Å². The smallest absolute Gasteiger partial charge is 0.350 e. The zero-order valence-corrected chi connectivity index (χ0v) is 28.5. The number of nitrogens with two attached hydrogens (primary N) is 7. The molecule has 0 radical (unpaired) electrons. The lowest BCUT2D eigenvalue weighted by molar-refractivity contribution is -0.163. The summed E-state index contributed by atoms with van der Waals surface area (Å²) in [6, 6.07) is -6.33. The quantitative estimate of drug-likeness (QED) is 0.0186. The van der Waals surface area contributed by atoms with Crippen molar-refractivity contribution in [2.75, 3.05) is 13.1 Å². The van der Waals surface area contributed by atoms with Crippen molar-refractivity contribution in [1.82, 2.24) is 30.1 Å². The van der Waals surface area contributed by atoms with Crippen LogP contribution in [-0.4, -0.2) is 110 Å². The third kappa shape index (κ3) is 16.2. The number of ether oxygens (including phenoxy) is 2. The lowest BCUT2D eigenvalue weighted by Crippen LogP contribution is -2.41. The molecule has 18 N–H and O–H groups in total. The second-order valence-electron chi connectivity index (χ2n) is 11.4. The minimum atomic E-state index is -1.49. The van der Waals surface area contributed by atoms with Gasteiger partial charge in [0.1, 0.15) is 42.9 Å². The topological polar surface area (TPSA) is 429 Å². The minimum Gasteiger partial charge on any atom is -0.391 e.